The van der Waals surface area contributed by atoms with Gasteiger partial charge in [-0.05, 0) is 29.8 Å². The fraction of sp³-hybridized carbons (Fsp3) is 0.0714. The first-order valence-corrected chi connectivity index (χ1v) is 6.17. The first-order valence-electron chi connectivity index (χ1n) is 5.79. The zero-order valence-corrected chi connectivity index (χ0v) is 11.0. The first kappa shape index (κ1) is 14.3. The Balaban J connectivity index is 1.94. The van der Waals surface area contributed by atoms with Crippen LogP contribution in [0, 0.1) is 11.6 Å². The van der Waals surface area contributed by atoms with Gasteiger partial charge in [-0.2, -0.15) is 0 Å². The third kappa shape index (κ3) is 3.68. The molecule has 0 radical (unpaired) electrons. The van der Waals surface area contributed by atoms with Crippen LogP contribution in [0.1, 0.15) is 5.56 Å². The van der Waals surface area contributed by atoms with E-state index in [1.807, 2.05) is 0 Å². The van der Waals surface area contributed by atoms with Crippen molar-refractivity contribution in [3.05, 3.63) is 64.7 Å². The molecule has 0 bridgehead atoms. The molecule has 2 rings (SSSR count). The molecule has 0 unspecified atom stereocenters. The number of hydrogen-bond acceptors (Lipinski definition) is 1. The molecule has 2 aromatic rings. The molecule has 104 valence electrons. The molecule has 2 amide bonds. The average Bonchev–Trinajstić information content (AvgIpc) is 2.42. The number of anilines is 1. The van der Waals surface area contributed by atoms with E-state index in [0.717, 1.165) is 17.7 Å². The minimum atomic E-state index is -0.827. The number of benzene rings is 2. The molecule has 0 atom stereocenters. The van der Waals surface area contributed by atoms with Crippen LogP contribution in [-0.4, -0.2) is 6.03 Å². The maximum Gasteiger partial charge on any atom is 0.319 e. The van der Waals surface area contributed by atoms with Gasteiger partial charge >= 0.3 is 6.03 Å². The van der Waals surface area contributed by atoms with E-state index >= 15 is 0 Å². The predicted octanol–water partition coefficient (Wildman–Crippen LogP) is 3.94. The Labute approximate surface area is 119 Å². The molecule has 0 aliphatic carbocycles. The summed E-state index contributed by atoms with van der Waals surface area (Å²) in [6.07, 6.45) is 0. The fourth-order valence-corrected chi connectivity index (χ4v) is 1.69. The zero-order valence-electron chi connectivity index (χ0n) is 10.3. The van der Waals surface area contributed by atoms with E-state index in [1.165, 1.54) is 6.07 Å². The van der Waals surface area contributed by atoms with Crippen LogP contribution in [0.15, 0.2) is 42.5 Å². The molecule has 0 saturated carbocycles. The van der Waals surface area contributed by atoms with Crippen LogP contribution in [0.4, 0.5) is 19.3 Å². The van der Waals surface area contributed by atoms with Gasteiger partial charge in [0.2, 0.25) is 0 Å². The van der Waals surface area contributed by atoms with Crippen molar-refractivity contribution in [1.82, 2.24) is 5.32 Å². The molecule has 0 spiro atoms. The Kier molecular flexibility index (Phi) is 4.53. The van der Waals surface area contributed by atoms with Gasteiger partial charge in [0.05, 0.1) is 0 Å². The van der Waals surface area contributed by atoms with Crippen LogP contribution in [0.5, 0.6) is 0 Å². The summed E-state index contributed by atoms with van der Waals surface area (Å²) in [5, 5.41) is 5.22. The van der Waals surface area contributed by atoms with E-state index in [-0.39, 0.29) is 6.54 Å². The summed E-state index contributed by atoms with van der Waals surface area (Å²) >= 11 is 5.73. The van der Waals surface area contributed by atoms with Gasteiger partial charge in [0.25, 0.3) is 0 Å². The third-order valence-corrected chi connectivity index (χ3v) is 2.82. The second kappa shape index (κ2) is 6.34. The van der Waals surface area contributed by atoms with Crippen molar-refractivity contribution in [2.75, 3.05) is 5.32 Å². The van der Waals surface area contributed by atoms with E-state index in [9.17, 15) is 13.6 Å². The van der Waals surface area contributed by atoms with E-state index < -0.39 is 23.4 Å². The highest BCUT2D eigenvalue weighted by molar-refractivity contribution is 6.30. The molecular weight excluding hydrogens is 286 g/mol. The Morgan fingerprint density at radius 3 is 2.25 bits per heavy atom. The minimum Gasteiger partial charge on any atom is -0.334 e. The molecular formula is C14H11ClF2N2O. The lowest BCUT2D eigenvalue weighted by Gasteiger charge is -2.09. The lowest BCUT2D eigenvalue weighted by atomic mass is 10.2. The van der Waals surface area contributed by atoms with Crippen molar-refractivity contribution in [3.8, 4) is 0 Å². The topological polar surface area (TPSA) is 41.1 Å². The van der Waals surface area contributed by atoms with Gasteiger partial charge < -0.3 is 10.6 Å². The molecule has 0 aliphatic heterocycles. The van der Waals surface area contributed by atoms with Crippen molar-refractivity contribution < 1.29 is 13.6 Å². The molecule has 0 heterocycles. The maximum atomic E-state index is 13.3. The van der Waals surface area contributed by atoms with Gasteiger partial charge in [-0.15, -0.1) is 0 Å². The second-order valence-electron chi connectivity index (χ2n) is 4.03. The van der Waals surface area contributed by atoms with Crippen LogP contribution >= 0.6 is 11.6 Å². The Bertz CT molecular complexity index is 597. The number of halogens is 3. The molecule has 0 fully saturated rings. The monoisotopic (exact) mass is 296 g/mol. The summed E-state index contributed by atoms with van der Waals surface area (Å²) in [5.74, 6) is -1.65. The average molecular weight is 297 g/mol. The lowest BCUT2D eigenvalue weighted by Crippen LogP contribution is -2.29. The van der Waals surface area contributed by atoms with Crippen LogP contribution in [0.2, 0.25) is 5.02 Å². The van der Waals surface area contributed by atoms with Gasteiger partial charge in [-0.3, -0.25) is 0 Å². The highest BCUT2D eigenvalue weighted by Crippen LogP contribution is 2.17. The van der Waals surface area contributed by atoms with Crippen molar-refractivity contribution >= 4 is 23.3 Å². The van der Waals surface area contributed by atoms with Gasteiger partial charge in [0.1, 0.15) is 17.3 Å². The molecule has 2 aromatic carbocycles. The van der Waals surface area contributed by atoms with E-state index in [1.54, 1.807) is 24.3 Å². The van der Waals surface area contributed by atoms with Crippen molar-refractivity contribution in [2.45, 2.75) is 6.54 Å². The molecule has 20 heavy (non-hydrogen) atoms. The van der Waals surface area contributed by atoms with Crippen LogP contribution in [-0.2, 0) is 6.54 Å². The number of urea groups is 1. The Morgan fingerprint density at radius 1 is 1.05 bits per heavy atom. The summed E-state index contributed by atoms with van der Waals surface area (Å²) < 4.78 is 26.6. The Morgan fingerprint density at radius 2 is 1.65 bits per heavy atom. The normalized spacial score (nSPS) is 10.2. The standard InChI is InChI=1S/C14H11ClF2N2O/c15-10-6-4-9(5-7-10)8-18-14(20)19-13-11(16)2-1-3-12(13)17/h1-7H,8H2,(H2,18,19,20). The molecule has 2 N–H and O–H groups in total. The first-order chi connectivity index (χ1) is 9.56. The number of nitrogens with one attached hydrogen (secondary N) is 2. The number of para-hydroxylation sites is 1. The number of carbonyl (C=O) groups excluding carboxylic acids is 1. The number of hydrogen-bond donors (Lipinski definition) is 2. The zero-order chi connectivity index (χ0) is 14.5. The fourth-order valence-electron chi connectivity index (χ4n) is 1.56. The predicted molar refractivity (Wildman–Crippen MR) is 73.7 cm³/mol. The molecule has 0 saturated heterocycles. The number of amides is 2. The number of rotatable bonds is 3. The van der Waals surface area contributed by atoms with Crippen molar-refractivity contribution in [1.29, 1.82) is 0 Å². The van der Waals surface area contributed by atoms with Gasteiger partial charge in [0.15, 0.2) is 0 Å². The summed E-state index contributed by atoms with van der Waals surface area (Å²) in [7, 11) is 0. The number of carbonyl (C=O) groups is 1. The largest absolute Gasteiger partial charge is 0.334 e. The molecule has 0 aromatic heterocycles. The summed E-state index contributed by atoms with van der Waals surface area (Å²) in [6, 6.07) is 9.53. The van der Waals surface area contributed by atoms with E-state index in [2.05, 4.69) is 10.6 Å². The summed E-state index contributed by atoms with van der Waals surface area (Å²) in [6.45, 7) is 0.221. The van der Waals surface area contributed by atoms with Crippen molar-refractivity contribution in [3.63, 3.8) is 0 Å². The minimum absolute atomic E-state index is 0.221. The summed E-state index contributed by atoms with van der Waals surface area (Å²) in [4.78, 5) is 11.6. The second-order valence-corrected chi connectivity index (χ2v) is 4.47. The SMILES string of the molecule is O=C(NCc1ccc(Cl)cc1)Nc1c(F)cccc1F. The third-order valence-electron chi connectivity index (χ3n) is 2.57. The summed E-state index contributed by atoms with van der Waals surface area (Å²) in [5.41, 5.74) is 0.347. The van der Waals surface area contributed by atoms with E-state index in [4.69, 9.17) is 11.6 Å². The van der Waals surface area contributed by atoms with Gasteiger partial charge in [-0.1, -0.05) is 29.8 Å². The highest BCUT2D eigenvalue weighted by atomic mass is 35.5. The molecule has 6 heteroatoms. The van der Waals surface area contributed by atoms with E-state index in [0.29, 0.717) is 5.02 Å². The molecule has 0 aliphatic rings. The van der Waals surface area contributed by atoms with Gasteiger partial charge in [-0.25, -0.2) is 13.6 Å². The smallest absolute Gasteiger partial charge is 0.319 e. The quantitative estimate of drug-likeness (QED) is 0.885. The van der Waals surface area contributed by atoms with Crippen LogP contribution < -0.4 is 10.6 Å². The molecule has 3 nitrogen and oxygen atoms in total. The Hall–Kier alpha value is -2.14. The van der Waals surface area contributed by atoms with Crippen molar-refractivity contribution in [2.24, 2.45) is 0 Å². The van der Waals surface area contributed by atoms with Crippen LogP contribution in [0.3, 0.4) is 0 Å². The van der Waals surface area contributed by atoms with Crippen LogP contribution in [0.25, 0.3) is 0 Å². The maximum absolute atomic E-state index is 13.3. The highest BCUT2D eigenvalue weighted by Gasteiger charge is 2.11. The van der Waals surface area contributed by atoms with Gasteiger partial charge in [0, 0.05) is 11.6 Å². The lowest BCUT2D eigenvalue weighted by molar-refractivity contribution is 0.251.